The quantitative estimate of drug-likeness (QED) is 0.189. The van der Waals surface area contributed by atoms with Crippen molar-refractivity contribution in [1.29, 1.82) is 0 Å². The fourth-order valence-corrected chi connectivity index (χ4v) is 6.95. The minimum atomic E-state index is 0.140. The third kappa shape index (κ3) is 4.74. The van der Waals surface area contributed by atoms with Crippen LogP contribution in [-0.4, -0.2) is 15.0 Å². The highest BCUT2D eigenvalue weighted by atomic mass is 35.5. The molecule has 7 aromatic carbocycles. The highest BCUT2D eigenvalue weighted by molar-refractivity contribution is 6.28. The van der Waals surface area contributed by atoms with Gasteiger partial charge in [-0.05, 0) is 56.3 Å². The van der Waals surface area contributed by atoms with Crippen molar-refractivity contribution in [2.75, 3.05) is 0 Å². The molecule has 9 aromatic rings. The van der Waals surface area contributed by atoms with Gasteiger partial charge in [0.2, 0.25) is 5.28 Å². The molecule has 0 aliphatic carbocycles. The second-order valence-electron chi connectivity index (χ2n) is 11.7. The second kappa shape index (κ2) is 11.6. The molecule has 0 bridgehead atoms. The number of rotatable bonds is 5. The lowest BCUT2D eigenvalue weighted by Crippen LogP contribution is -1.99. The summed E-state index contributed by atoms with van der Waals surface area (Å²) in [6.45, 7) is 0. The fourth-order valence-electron chi connectivity index (χ4n) is 6.79. The minimum Gasteiger partial charge on any atom is -0.455 e. The Labute approximate surface area is 282 Å². The molecular weight excluding hydrogens is 610 g/mol. The Bertz CT molecular complexity index is 2650. The van der Waals surface area contributed by atoms with Crippen molar-refractivity contribution >= 4 is 44.3 Å². The first-order valence-corrected chi connectivity index (χ1v) is 16.2. The van der Waals surface area contributed by atoms with E-state index in [0.717, 1.165) is 77.2 Å². The van der Waals surface area contributed by atoms with Crippen molar-refractivity contribution in [3.05, 3.63) is 163 Å². The molecule has 9 rings (SSSR count). The summed E-state index contributed by atoms with van der Waals surface area (Å²) in [6, 6.07) is 54.0. The number of aromatic nitrogens is 3. The van der Waals surface area contributed by atoms with Crippen LogP contribution in [0.5, 0.6) is 0 Å². The molecule has 0 radical (unpaired) electrons. The topological polar surface area (TPSA) is 51.8 Å². The minimum absolute atomic E-state index is 0.140. The number of furan rings is 1. The standard InChI is InChI=1S/C43H26ClN3O/c44-43-46-41(45-42(47-43)38-25-11-21-29-28(20-10-22-33(29)38)27-13-2-1-3-14-27)37-19-7-6-17-32(37)30-15-4-5-16-31(30)35-23-12-24-36-34-18-8-9-26-39(34)48-40(35)36/h1-26H. The molecule has 4 nitrogen and oxygen atoms in total. The van der Waals surface area contributed by atoms with E-state index >= 15 is 0 Å². The summed E-state index contributed by atoms with van der Waals surface area (Å²) in [5.41, 5.74) is 9.89. The predicted octanol–water partition coefficient (Wildman–Crippen LogP) is 11.9. The van der Waals surface area contributed by atoms with E-state index < -0.39 is 0 Å². The van der Waals surface area contributed by atoms with E-state index in [4.69, 9.17) is 21.0 Å². The molecule has 48 heavy (non-hydrogen) atoms. The van der Waals surface area contributed by atoms with Crippen LogP contribution in [0.1, 0.15) is 0 Å². The van der Waals surface area contributed by atoms with Crippen LogP contribution in [0, 0.1) is 0 Å². The van der Waals surface area contributed by atoms with Gasteiger partial charge in [-0.15, -0.1) is 0 Å². The van der Waals surface area contributed by atoms with E-state index in [1.54, 1.807) is 0 Å². The Morgan fingerprint density at radius 1 is 0.354 bits per heavy atom. The van der Waals surface area contributed by atoms with Gasteiger partial charge >= 0.3 is 0 Å². The number of nitrogens with zero attached hydrogens (tertiary/aromatic N) is 3. The highest BCUT2D eigenvalue weighted by Gasteiger charge is 2.19. The van der Waals surface area contributed by atoms with Crippen molar-refractivity contribution in [3.63, 3.8) is 0 Å². The van der Waals surface area contributed by atoms with Gasteiger partial charge in [-0.25, -0.2) is 4.98 Å². The van der Waals surface area contributed by atoms with Crippen LogP contribution < -0.4 is 0 Å². The first kappa shape index (κ1) is 28.1. The monoisotopic (exact) mass is 635 g/mol. The lowest BCUT2D eigenvalue weighted by Gasteiger charge is -2.15. The van der Waals surface area contributed by atoms with Gasteiger partial charge in [0.25, 0.3) is 0 Å². The van der Waals surface area contributed by atoms with Crippen LogP contribution >= 0.6 is 11.6 Å². The smallest absolute Gasteiger partial charge is 0.226 e. The second-order valence-corrected chi connectivity index (χ2v) is 12.0. The van der Waals surface area contributed by atoms with E-state index in [9.17, 15) is 0 Å². The molecule has 0 N–H and O–H groups in total. The molecular formula is C43H26ClN3O. The Balaban J connectivity index is 1.21. The van der Waals surface area contributed by atoms with Crippen molar-refractivity contribution in [2.24, 2.45) is 0 Å². The summed E-state index contributed by atoms with van der Waals surface area (Å²) < 4.78 is 6.45. The average molecular weight is 636 g/mol. The lowest BCUT2D eigenvalue weighted by atomic mass is 9.91. The van der Waals surface area contributed by atoms with Gasteiger partial charge in [0.05, 0.1) is 0 Å². The normalized spacial score (nSPS) is 11.4. The summed E-state index contributed by atoms with van der Waals surface area (Å²) in [6.07, 6.45) is 0. The van der Waals surface area contributed by atoms with E-state index in [1.807, 2.05) is 54.6 Å². The average Bonchev–Trinajstić information content (AvgIpc) is 3.53. The first-order valence-electron chi connectivity index (χ1n) is 15.8. The largest absolute Gasteiger partial charge is 0.455 e. The van der Waals surface area contributed by atoms with Crippen molar-refractivity contribution in [2.45, 2.75) is 0 Å². The summed E-state index contributed by atoms with van der Waals surface area (Å²) in [4.78, 5) is 14.4. The van der Waals surface area contributed by atoms with Crippen LogP contribution in [0.25, 0.3) is 88.9 Å². The number of halogens is 1. The van der Waals surface area contributed by atoms with Crippen LogP contribution in [0.2, 0.25) is 5.28 Å². The third-order valence-electron chi connectivity index (χ3n) is 8.94. The van der Waals surface area contributed by atoms with Gasteiger partial charge in [0.1, 0.15) is 11.2 Å². The van der Waals surface area contributed by atoms with Crippen LogP contribution in [-0.2, 0) is 0 Å². The van der Waals surface area contributed by atoms with Crippen molar-refractivity contribution < 1.29 is 4.42 Å². The van der Waals surface area contributed by atoms with Gasteiger partial charge in [-0.3, -0.25) is 0 Å². The van der Waals surface area contributed by atoms with Crippen LogP contribution in [0.4, 0.5) is 0 Å². The molecule has 2 heterocycles. The molecule has 0 saturated heterocycles. The molecule has 0 aliphatic rings. The molecule has 0 atom stereocenters. The zero-order valence-electron chi connectivity index (χ0n) is 25.6. The zero-order chi connectivity index (χ0) is 32.0. The zero-order valence-corrected chi connectivity index (χ0v) is 26.4. The molecule has 226 valence electrons. The van der Waals surface area contributed by atoms with E-state index in [0.29, 0.717) is 11.6 Å². The Kier molecular flexibility index (Phi) is 6.81. The van der Waals surface area contributed by atoms with Crippen molar-refractivity contribution in [3.8, 4) is 56.2 Å². The molecule has 5 heteroatoms. The molecule has 0 amide bonds. The lowest BCUT2D eigenvalue weighted by molar-refractivity contribution is 0.670. The number of hydrogen-bond acceptors (Lipinski definition) is 4. The highest BCUT2D eigenvalue weighted by Crippen LogP contribution is 2.42. The van der Waals surface area contributed by atoms with Crippen LogP contribution in [0.3, 0.4) is 0 Å². The molecule has 0 saturated carbocycles. The molecule has 0 fully saturated rings. The SMILES string of the molecule is Clc1nc(-c2ccccc2-c2ccccc2-c2cccc3c2oc2ccccc23)nc(-c2cccc3c(-c4ccccc4)cccc23)n1. The Morgan fingerprint density at radius 2 is 0.833 bits per heavy atom. The van der Waals surface area contributed by atoms with Gasteiger partial charge < -0.3 is 4.42 Å². The van der Waals surface area contributed by atoms with Gasteiger partial charge in [-0.2, -0.15) is 9.97 Å². The van der Waals surface area contributed by atoms with Crippen LogP contribution in [0.15, 0.2) is 162 Å². The maximum atomic E-state index is 6.68. The molecule has 2 aromatic heterocycles. The summed E-state index contributed by atoms with van der Waals surface area (Å²) in [7, 11) is 0. The number of fused-ring (bicyclic) bond motifs is 4. The summed E-state index contributed by atoms with van der Waals surface area (Å²) in [5, 5.41) is 4.49. The Hall–Kier alpha value is -6.10. The summed E-state index contributed by atoms with van der Waals surface area (Å²) >= 11 is 6.68. The Morgan fingerprint density at radius 3 is 1.58 bits per heavy atom. The van der Waals surface area contributed by atoms with Gasteiger partial charge in [0.15, 0.2) is 11.6 Å². The van der Waals surface area contributed by atoms with E-state index in [2.05, 4.69) is 113 Å². The third-order valence-corrected chi connectivity index (χ3v) is 9.10. The fraction of sp³-hybridized carbons (Fsp3) is 0. The van der Waals surface area contributed by atoms with Gasteiger partial charge in [-0.1, -0.05) is 152 Å². The maximum Gasteiger partial charge on any atom is 0.226 e. The maximum absolute atomic E-state index is 6.68. The van der Waals surface area contributed by atoms with E-state index in [-0.39, 0.29) is 5.28 Å². The number of para-hydroxylation sites is 2. The molecule has 0 unspecified atom stereocenters. The number of benzene rings is 7. The predicted molar refractivity (Wildman–Crippen MR) is 197 cm³/mol. The van der Waals surface area contributed by atoms with Gasteiger partial charge in [0, 0.05) is 27.5 Å². The molecule has 0 spiro atoms. The number of hydrogen-bond donors (Lipinski definition) is 0. The summed E-state index contributed by atoms with van der Waals surface area (Å²) in [5.74, 6) is 1.03. The molecule has 0 aliphatic heterocycles. The van der Waals surface area contributed by atoms with E-state index in [1.165, 1.54) is 0 Å². The first-order chi connectivity index (χ1) is 23.7. The van der Waals surface area contributed by atoms with Crippen molar-refractivity contribution in [1.82, 2.24) is 15.0 Å².